The van der Waals surface area contributed by atoms with Gasteiger partial charge in [-0.05, 0) is 17.5 Å². The van der Waals surface area contributed by atoms with E-state index in [9.17, 15) is 10.1 Å². The Hall–Kier alpha value is -2.20. The predicted octanol–water partition coefficient (Wildman–Crippen LogP) is 2.72. The molecule has 0 heterocycles. The molecule has 0 aliphatic carbocycles. The second kappa shape index (κ2) is 6.11. The molecule has 4 nitrogen and oxygen atoms in total. The normalized spacial score (nSPS) is 10.4. The standard InChI is InChI=1S/C15H15NO3/c17-10-9-12-5-7-13(8-6-12)11-14-3-1-2-4-15(14)16(18)19/h1-8,17H,9-11H2. The first-order valence-corrected chi connectivity index (χ1v) is 6.11. The molecule has 2 rings (SSSR count). The topological polar surface area (TPSA) is 63.4 Å². The van der Waals surface area contributed by atoms with Crippen molar-refractivity contribution in [2.75, 3.05) is 6.61 Å². The Balaban J connectivity index is 2.19. The molecule has 0 fully saturated rings. The van der Waals surface area contributed by atoms with Crippen LogP contribution in [0.15, 0.2) is 48.5 Å². The van der Waals surface area contributed by atoms with Crippen molar-refractivity contribution in [3.63, 3.8) is 0 Å². The monoisotopic (exact) mass is 257 g/mol. The van der Waals surface area contributed by atoms with Crippen LogP contribution in [0.5, 0.6) is 0 Å². The lowest BCUT2D eigenvalue weighted by atomic mass is 10.0. The Kier molecular flexibility index (Phi) is 4.26. The quantitative estimate of drug-likeness (QED) is 0.661. The molecule has 0 radical (unpaired) electrons. The molecule has 19 heavy (non-hydrogen) atoms. The number of nitro benzene ring substituents is 1. The molecule has 2 aromatic rings. The van der Waals surface area contributed by atoms with Gasteiger partial charge >= 0.3 is 0 Å². The van der Waals surface area contributed by atoms with E-state index in [4.69, 9.17) is 5.11 Å². The summed E-state index contributed by atoms with van der Waals surface area (Å²) >= 11 is 0. The van der Waals surface area contributed by atoms with Crippen molar-refractivity contribution in [3.8, 4) is 0 Å². The van der Waals surface area contributed by atoms with E-state index < -0.39 is 0 Å². The lowest BCUT2D eigenvalue weighted by Gasteiger charge is -2.04. The molecule has 0 saturated carbocycles. The van der Waals surface area contributed by atoms with Crippen LogP contribution in [0.3, 0.4) is 0 Å². The van der Waals surface area contributed by atoms with Crippen LogP contribution in [0, 0.1) is 10.1 Å². The van der Waals surface area contributed by atoms with E-state index in [1.165, 1.54) is 6.07 Å². The van der Waals surface area contributed by atoms with Crippen LogP contribution in [0.25, 0.3) is 0 Å². The van der Waals surface area contributed by atoms with Gasteiger partial charge in [-0.15, -0.1) is 0 Å². The number of rotatable bonds is 5. The van der Waals surface area contributed by atoms with Gasteiger partial charge in [0.15, 0.2) is 0 Å². The van der Waals surface area contributed by atoms with Crippen LogP contribution >= 0.6 is 0 Å². The molecule has 0 aliphatic rings. The predicted molar refractivity (Wildman–Crippen MR) is 73.1 cm³/mol. The summed E-state index contributed by atoms with van der Waals surface area (Å²) in [4.78, 5) is 10.6. The van der Waals surface area contributed by atoms with Gasteiger partial charge in [-0.3, -0.25) is 10.1 Å². The van der Waals surface area contributed by atoms with Crippen LogP contribution < -0.4 is 0 Å². The summed E-state index contributed by atoms with van der Waals surface area (Å²) in [5.41, 5.74) is 2.95. The van der Waals surface area contributed by atoms with E-state index in [1.807, 2.05) is 30.3 Å². The first-order chi connectivity index (χ1) is 9.20. The maximum Gasteiger partial charge on any atom is 0.272 e. The van der Waals surface area contributed by atoms with Gasteiger partial charge in [0.1, 0.15) is 0 Å². The molecule has 1 N–H and O–H groups in total. The number of nitrogens with zero attached hydrogens (tertiary/aromatic N) is 1. The van der Waals surface area contributed by atoms with E-state index >= 15 is 0 Å². The van der Waals surface area contributed by atoms with Crippen LogP contribution in [-0.4, -0.2) is 16.6 Å². The minimum Gasteiger partial charge on any atom is -0.396 e. The number of hydrogen-bond acceptors (Lipinski definition) is 3. The fourth-order valence-corrected chi connectivity index (χ4v) is 2.01. The number of nitro groups is 1. The lowest BCUT2D eigenvalue weighted by Crippen LogP contribution is -1.97. The van der Waals surface area contributed by atoms with Gasteiger partial charge in [0.05, 0.1) is 4.92 Å². The summed E-state index contributed by atoms with van der Waals surface area (Å²) in [6, 6.07) is 14.6. The smallest absolute Gasteiger partial charge is 0.272 e. The maximum atomic E-state index is 10.9. The SMILES string of the molecule is O=[N+]([O-])c1ccccc1Cc1ccc(CCO)cc1. The van der Waals surface area contributed by atoms with Crippen LogP contribution in [0.1, 0.15) is 16.7 Å². The Morgan fingerprint density at radius 2 is 1.63 bits per heavy atom. The summed E-state index contributed by atoms with van der Waals surface area (Å²) in [5.74, 6) is 0. The third-order valence-electron chi connectivity index (χ3n) is 3.01. The van der Waals surface area contributed by atoms with Gasteiger partial charge < -0.3 is 5.11 Å². The van der Waals surface area contributed by atoms with E-state index in [0.717, 1.165) is 11.1 Å². The Labute approximate surface area is 111 Å². The average molecular weight is 257 g/mol. The number of aliphatic hydroxyl groups excluding tert-OH is 1. The van der Waals surface area contributed by atoms with Gasteiger partial charge in [-0.25, -0.2) is 0 Å². The minimum absolute atomic E-state index is 0.128. The maximum absolute atomic E-state index is 10.9. The molecule has 0 atom stereocenters. The van der Waals surface area contributed by atoms with Crippen molar-refractivity contribution in [1.29, 1.82) is 0 Å². The van der Waals surface area contributed by atoms with Crippen molar-refractivity contribution in [3.05, 3.63) is 75.3 Å². The molecule has 0 aliphatic heterocycles. The fraction of sp³-hybridized carbons (Fsp3) is 0.200. The summed E-state index contributed by atoms with van der Waals surface area (Å²) in [5, 5.41) is 19.8. The largest absolute Gasteiger partial charge is 0.396 e. The highest BCUT2D eigenvalue weighted by atomic mass is 16.6. The van der Waals surface area contributed by atoms with Gasteiger partial charge in [-0.2, -0.15) is 0 Å². The summed E-state index contributed by atoms with van der Waals surface area (Å²) in [6.45, 7) is 0.128. The van der Waals surface area contributed by atoms with Crippen molar-refractivity contribution in [2.45, 2.75) is 12.8 Å². The molecule has 0 aromatic heterocycles. The van der Waals surface area contributed by atoms with Crippen LogP contribution in [0.4, 0.5) is 5.69 Å². The van der Waals surface area contributed by atoms with Crippen LogP contribution in [-0.2, 0) is 12.8 Å². The van der Waals surface area contributed by atoms with E-state index in [0.29, 0.717) is 18.4 Å². The Bertz CT molecular complexity index is 564. The molecular formula is C15H15NO3. The summed E-state index contributed by atoms with van der Waals surface area (Å²) in [6.07, 6.45) is 1.17. The van der Waals surface area contributed by atoms with Gasteiger partial charge in [0.2, 0.25) is 0 Å². The summed E-state index contributed by atoms with van der Waals surface area (Å²) < 4.78 is 0. The molecule has 0 bridgehead atoms. The van der Waals surface area contributed by atoms with Crippen molar-refractivity contribution in [2.24, 2.45) is 0 Å². The zero-order chi connectivity index (χ0) is 13.7. The number of benzene rings is 2. The van der Waals surface area contributed by atoms with Gasteiger partial charge in [0.25, 0.3) is 5.69 Å². The number of hydrogen-bond donors (Lipinski definition) is 1. The van der Waals surface area contributed by atoms with E-state index in [2.05, 4.69) is 0 Å². The molecule has 4 heteroatoms. The Morgan fingerprint density at radius 1 is 1.00 bits per heavy atom. The minimum atomic E-state index is -0.352. The third kappa shape index (κ3) is 3.39. The van der Waals surface area contributed by atoms with Gasteiger partial charge in [-0.1, -0.05) is 42.5 Å². The molecular weight excluding hydrogens is 242 g/mol. The fourth-order valence-electron chi connectivity index (χ4n) is 2.01. The van der Waals surface area contributed by atoms with Crippen molar-refractivity contribution >= 4 is 5.69 Å². The molecule has 0 spiro atoms. The highest BCUT2D eigenvalue weighted by Gasteiger charge is 2.12. The van der Waals surface area contributed by atoms with Crippen LogP contribution in [0.2, 0.25) is 0 Å². The van der Waals surface area contributed by atoms with Crippen molar-refractivity contribution in [1.82, 2.24) is 0 Å². The first-order valence-electron chi connectivity index (χ1n) is 6.11. The highest BCUT2D eigenvalue weighted by Crippen LogP contribution is 2.21. The zero-order valence-corrected chi connectivity index (χ0v) is 10.5. The molecule has 2 aromatic carbocycles. The average Bonchev–Trinajstić information content (AvgIpc) is 2.42. The molecule has 0 amide bonds. The lowest BCUT2D eigenvalue weighted by molar-refractivity contribution is -0.385. The number of aliphatic hydroxyl groups is 1. The molecule has 0 unspecified atom stereocenters. The third-order valence-corrected chi connectivity index (χ3v) is 3.01. The highest BCUT2D eigenvalue weighted by molar-refractivity contribution is 5.43. The van der Waals surface area contributed by atoms with Gasteiger partial charge in [0, 0.05) is 24.7 Å². The van der Waals surface area contributed by atoms with E-state index in [-0.39, 0.29) is 17.2 Å². The number of para-hydroxylation sites is 1. The van der Waals surface area contributed by atoms with E-state index in [1.54, 1.807) is 12.1 Å². The second-order valence-electron chi connectivity index (χ2n) is 4.35. The molecule has 98 valence electrons. The Morgan fingerprint density at radius 3 is 2.26 bits per heavy atom. The second-order valence-corrected chi connectivity index (χ2v) is 4.35. The first kappa shape index (κ1) is 13.2. The summed E-state index contributed by atoms with van der Waals surface area (Å²) in [7, 11) is 0. The zero-order valence-electron chi connectivity index (χ0n) is 10.5. The molecule has 0 saturated heterocycles. The van der Waals surface area contributed by atoms with Crippen molar-refractivity contribution < 1.29 is 10.0 Å².